The van der Waals surface area contributed by atoms with Crippen molar-refractivity contribution in [1.82, 2.24) is 24.9 Å². The summed E-state index contributed by atoms with van der Waals surface area (Å²) < 4.78 is 21.0. The summed E-state index contributed by atoms with van der Waals surface area (Å²) in [7, 11) is 0. The Bertz CT molecular complexity index is 1340. The summed E-state index contributed by atoms with van der Waals surface area (Å²) in [5.41, 5.74) is 2.68. The molecule has 10 heteroatoms. The largest absolute Gasteiger partial charge is 0.444 e. The highest BCUT2D eigenvalue weighted by Gasteiger charge is 2.32. The van der Waals surface area contributed by atoms with Crippen LogP contribution in [0, 0.1) is 5.82 Å². The van der Waals surface area contributed by atoms with Crippen LogP contribution in [0.2, 0.25) is 0 Å². The van der Waals surface area contributed by atoms with Crippen LogP contribution >= 0.6 is 0 Å². The average molecular weight is 577 g/mol. The first kappa shape index (κ1) is 29.6. The summed E-state index contributed by atoms with van der Waals surface area (Å²) in [6.07, 6.45) is 2.61. The van der Waals surface area contributed by atoms with Crippen LogP contribution in [0.25, 0.3) is 5.69 Å². The number of piperidine rings is 1. The highest BCUT2D eigenvalue weighted by atomic mass is 19.1. The van der Waals surface area contributed by atoms with Gasteiger partial charge in [0, 0.05) is 64.0 Å². The lowest BCUT2D eigenvalue weighted by Gasteiger charge is -2.36. The van der Waals surface area contributed by atoms with Gasteiger partial charge < -0.3 is 19.9 Å². The molecule has 2 fully saturated rings. The molecular formula is C32H41FN6O3. The summed E-state index contributed by atoms with van der Waals surface area (Å²) in [5, 5.41) is 7.67. The van der Waals surface area contributed by atoms with Crippen LogP contribution < -0.4 is 10.2 Å². The van der Waals surface area contributed by atoms with E-state index in [9.17, 15) is 14.0 Å². The molecule has 2 aromatic carbocycles. The minimum absolute atomic E-state index is 0.00283. The van der Waals surface area contributed by atoms with E-state index in [1.54, 1.807) is 27.9 Å². The predicted molar refractivity (Wildman–Crippen MR) is 161 cm³/mol. The number of hydrogen-bond acceptors (Lipinski definition) is 6. The second kappa shape index (κ2) is 12.9. The van der Waals surface area contributed by atoms with E-state index in [0.29, 0.717) is 43.7 Å². The van der Waals surface area contributed by atoms with Crippen molar-refractivity contribution >= 4 is 17.7 Å². The lowest BCUT2D eigenvalue weighted by Crippen LogP contribution is -2.48. The highest BCUT2D eigenvalue weighted by molar-refractivity contribution is 5.95. The van der Waals surface area contributed by atoms with E-state index in [1.807, 2.05) is 26.8 Å². The molecule has 0 unspecified atom stereocenters. The first-order valence-electron chi connectivity index (χ1n) is 14.8. The SMILES string of the molecule is CC(C)(C)OC(=O)N1CCC(c2c(C(=O)NCCN3CCN(c4ccccc4)CC3)cnn2-c2ccc(F)cc2)CC1. The average Bonchev–Trinajstić information content (AvgIpc) is 3.43. The van der Waals surface area contributed by atoms with Crippen LogP contribution in [0.3, 0.4) is 0 Å². The summed E-state index contributed by atoms with van der Waals surface area (Å²) in [6, 6.07) is 16.6. The maximum absolute atomic E-state index is 13.7. The Kier molecular flexibility index (Phi) is 9.11. The fourth-order valence-electron chi connectivity index (χ4n) is 5.67. The number of piperazine rings is 1. The number of rotatable bonds is 7. The van der Waals surface area contributed by atoms with Crippen molar-refractivity contribution in [2.45, 2.75) is 45.1 Å². The Morgan fingerprint density at radius 2 is 1.60 bits per heavy atom. The molecule has 0 radical (unpaired) electrons. The molecule has 3 aromatic rings. The molecular weight excluding hydrogens is 535 g/mol. The number of carbonyl (C=O) groups excluding carboxylic acids is 2. The molecule has 2 aliphatic rings. The maximum Gasteiger partial charge on any atom is 0.410 e. The molecule has 1 N–H and O–H groups in total. The number of hydrogen-bond donors (Lipinski definition) is 1. The number of aromatic nitrogens is 2. The van der Waals surface area contributed by atoms with E-state index in [-0.39, 0.29) is 23.7 Å². The van der Waals surface area contributed by atoms with E-state index < -0.39 is 5.60 Å². The lowest BCUT2D eigenvalue weighted by atomic mass is 9.91. The quantitative estimate of drug-likeness (QED) is 0.440. The number of benzene rings is 2. The fraction of sp³-hybridized carbons (Fsp3) is 0.469. The van der Waals surface area contributed by atoms with Gasteiger partial charge in [0.05, 0.1) is 23.1 Å². The number of halogens is 1. The van der Waals surface area contributed by atoms with Crippen LogP contribution in [-0.2, 0) is 4.74 Å². The van der Waals surface area contributed by atoms with Crippen LogP contribution in [0.15, 0.2) is 60.8 Å². The van der Waals surface area contributed by atoms with Crippen molar-refractivity contribution in [2.24, 2.45) is 0 Å². The zero-order valence-electron chi connectivity index (χ0n) is 24.8. The first-order valence-corrected chi connectivity index (χ1v) is 14.8. The van der Waals surface area contributed by atoms with Crippen molar-refractivity contribution < 1.29 is 18.7 Å². The van der Waals surface area contributed by atoms with Gasteiger partial charge in [-0.15, -0.1) is 0 Å². The second-order valence-corrected chi connectivity index (χ2v) is 12.0. The van der Waals surface area contributed by atoms with Gasteiger partial charge in [-0.05, 0) is 70.0 Å². The molecule has 2 saturated heterocycles. The molecule has 0 atom stereocenters. The van der Waals surface area contributed by atoms with Gasteiger partial charge in [-0.1, -0.05) is 18.2 Å². The molecule has 1 aromatic heterocycles. The molecule has 2 aliphatic heterocycles. The number of likely N-dealkylation sites (tertiary alicyclic amines) is 1. The molecule has 0 saturated carbocycles. The molecule has 0 bridgehead atoms. The molecule has 5 rings (SSSR count). The topological polar surface area (TPSA) is 82.9 Å². The third kappa shape index (κ3) is 7.28. The molecule has 0 aliphatic carbocycles. The molecule has 42 heavy (non-hydrogen) atoms. The third-order valence-electron chi connectivity index (χ3n) is 7.86. The Hall–Kier alpha value is -3.92. The van der Waals surface area contributed by atoms with E-state index in [1.165, 1.54) is 17.8 Å². The van der Waals surface area contributed by atoms with Gasteiger partial charge in [-0.25, -0.2) is 13.9 Å². The summed E-state index contributed by atoms with van der Waals surface area (Å²) in [4.78, 5) is 32.6. The summed E-state index contributed by atoms with van der Waals surface area (Å²) >= 11 is 0. The van der Waals surface area contributed by atoms with Crippen LogP contribution in [0.5, 0.6) is 0 Å². The maximum atomic E-state index is 13.7. The number of para-hydroxylation sites is 1. The van der Waals surface area contributed by atoms with Crippen LogP contribution in [-0.4, -0.2) is 89.5 Å². The molecule has 0 spiro atoms. The van der Waals surface area contributed by atoms with Gasteiger partial charge >= 0.3 is 6.09 Å². The van der Waals surface area contributed by atoms with Gasteiger partial charge in [-0.3, -0.25) is 9.69 Å². The van der Waals surface area contributed by atoms with Crippen molar-refractivity contribution in [3.05, 3.63) is 77.9 Å². The van der Waals surface area contributed by atoms with E-state index >= 15 is 0 Å². The van der Waals surface area contributed by atoms with Crippen molar-refractivity contribution in [3.8, 4) is 5.69 Å². The summed E-state index contributed by atoms with van der Waals surface area (Å²) in [5.74, 6) is -0.500. The highest BCUT2D eigenvalue weighted by Crippen LogP contribution is 2.33. The number of carbonyl (C=O) groups is 2. The number of nitrogens with zero attached hydrogens (tertiary/aromatic N) is 5. The van der Waals surface area contributed by atoms with Crippen molar-refractivity contribution in [2.75, 3.05) is 57.3 Å². The molecule has 9 nitrogen and oxygen atoms in total. The van der Waals surface area contributed by atoms with Crippen molar-refractivity contribution in [1.29, 1.82) is 0 Å². The van der Waals surface area contributed by atoms with Crippen LogP contribution in [0.4, 0.5) is 14.9 Å². The second-order valence-electron chi connectivity index (χ2n) is 12.0. The minimum Gasteiger partial charge on any atom is -0.444 e. The zero-order valence-corrected chi connectivity index (χ0v) is 24.8. The van der Waals surface area contributed by atoms with Gasteiger partial charge in [0.2, 0.25) is 0 Å². The number of anilines is 1. The predicted octanol–water partition coefficient (Wildman–Crippen LogP) is 4.68. The number of nitrogens with one attached hydrogen (secondary N) is 1. The van der Waals surface area contributed by atoms with Gasteiger partial charge in [0.15, 0.2) is 0 Å². The standard InChI is InChI=1S/C32H41FN6O3/c1-32(2,3)42-31(41)38-16-13-24(14-17-38)29-28(23-35-39(29)27-11-9-25(33)10-12-27)30(40)34-15-18-36-19-21-37(22-20-36)26-7-5-4-6-8-26/h4-12,23-24H,13-22H2,1-3H3,(H,34,40). The smallest absolute Gasteiger partial charge is 0.410 e. The van der Waals surface area contributed by atoms with E-state index in [2.05, 4.69) is 44.5 Å². The fourth-order valence-corrected chi connectivity index (χ4v) is 5.67. The number of amides is 2. The van der Waals surface area contributed by atoms with E-state index in [0.717, 1.165) is 38.4 Å². The lowest BCUT2D eigenvalue weighted by molar-refractivity contribution is 0.0203. The van der Waals surface area contributed by atoms with Crippen molar-refractivity contribution in [3.63, 3.8) is 0 Å². The Morgan fingerprint density at radius 3 is 2.24 bits per heavy atom. The molecule has 3 heterocycles. The van der Waals surface area contributed by atoms with E-state index in [4.69, 9.17) is 4.74 Å². The summed E-state index contributed by atoms with van der Waals surface area (Å²) in [6.45, 7) is 11.7. The Labute approximate surface area is 247 Å². The normalized spacial score (nSPS) is 16.9. The third-order valence-corrected chi connectivity index (χ3v) is 7.86. The van der Waals surface area contributed by atoms with Crippen LogP contribution in [0.1, 0.15) is 55.6 Å². The van der Waals surface area contributed by atoms with Gasteiger partial charge in [0.1, 0.15) is 11.4 Å². The zero-order chi connectivity index (χ0) is 29.7. The monoisotopic (exact) mass is 576 g/mol. The molecule has 2 amide bonds. The molecule has 224 valence electrons. The Morgan fingerprint density at radius 1 is 0.929 bits per heavy atom. The Balaban J connectivity index is 1.23. The van der Waals surface area contributed by atoms with Gasteiger partial charge in [-0.2, -0.15) is 5.10 Å². The minimum atomic E-state index is -0.560. The number of ether oxygens (including phenoxy) is 1. The first-order chi connectivity index (χ1) is 20.2. The van der Waals surface area contributed by atoms with Gasteiger partial charge in [0.25, 0.3) is 5.91 Å².